The molecule has 0 N–H and O–H groups in total. The molecule has 1 aromatic heterocycles. The molecular formula is C14H14ClN. The number of hydrogen-bond donors (Lipinski definition) is 0. The number of aromatic nitrogens is 1. The fraction of sp³-hybridized carbons (Fsp3) is 0.214. The molecule has 2 rings (SSSR count). The molecule has 0 bridgehead atoms. The summed E-state index contributed by atoms with van der Waals surface area (Å²) in [4.78, 5) is 4.37. The van der Waals surface area contributed by atoms with Crippen LogP contribution < -0.4 is 0 Å². The van der Waals surface area contributed by atoms with Crippen molar-refractivity contribution in [1.29, 1.82) is 0 Å². The van der Waals surface area contributed by atoms with Crippen LogP contribution in [0.25, 0.3) is 11.3 Å². The van der Waals surface area contributed by atoms with Gasteiger partial charge in [-0.2, -0.15) is 0 Å². The molecule has 0 aliphatic rings. The molecule has 1 nitrogen and oxygen atoms in total. The Bertz CT molecular complexity index is 492. The number of halogens is 1. The quantitative estimate of drug-likeness (QED) is 0.712. The predicted molar refractivity (Wildman–Crippen MR) is 68.9 cm³/mol. The standard InChI is InChI=1S/C14H14ClN/c1-9-6-10(2)14(11(3)7-9)13-5-4-12(15)8-16-13/h4-8H,1-3H3. The van der Waals surface area contributed by atoms with Crippen molar-refractivity contribution in [2.45, 2.75) is 20.8 Å². The molecule has 0 atom stereocenters. The van der Waals surface area contributed by atoms with Crippen molar-refractivity contribution in [2.24, 2.45) is 0 Å². The van der Waals surface area contributed by atoms with E-state index in [2.05, 4.69) is 37.9 Å². The first-order valence-electron chi connectivity index (χ1n) is 5.27. The van der Waals surface area contributed by atoms with Crippen molar-refractivity contribution in [3.8, 4) is 11.3 Å². The van der Waals surface area contributed by atoms with Crippen LogP contribution in [0.4, 0.5) is 0 Å². The van der Waals surface area contributed by atoms with Gasteiger partial charge in [-0.05, 0) is 44.0 Å². The number of hydrogen-bond acceptors (Lipinski definition) is 1. The number of nitrogens with zero attached hydrogens (tertiary/aromatic N) is 1. The topological polar surface area (TPSA) is 12.9 Å². The van der Waals surface area contributed by atoms with Crippen LogP contribution >= 0.6 is 11.6 Å². The third-order valence-electron chi connectivity index (χ3n) is 2.66. The summed E-state index contributed by atoms with van der Waals surface area (Å²) in [6.07, 6.45) is 1.69. The third kappa shape index (κ3) is 2.10. The summed E-state index contributed by atoms with van der Waals surface area (Å²) < 4.78 is 0. The van der Waals surface area contributed by atoms with Crippen LogP contribution in [-0.2, 0) is 0 Å². The average Bonchev–Trinajstić information content (AvgIpc) is 2.19. The number of pyridine rings is 1. The number of benzene rings is 1. The van der Waals surface area contributed by atoms with Crippen molar-refractivity contribution in [2.75, 3.05) is 0 Å². The summed E-state index contributed by atoms with van der Waals surface area (Å²) >= 11 is 5.84. The van der Waals surface area contributed by atoms with Gasteiger partial charge in [0.15, 0.2) is 0 Å². The van der Waals surface area contributed by atoms with Crippen LogP contribution in [0, 0.1) is 20.8 Å². The molecule has 0 fully saturated rings. The van der Waals surface area contributed by atoms with E-state index in [0.29, 0.717) is 5.02 Å². The molecule has 1 aromatic carbocycles. The van der Waals surface area contributed by atoms with Gasteiger partial charge >= 0.3 is 0 Å². The van der Waals surface area contributed by atoms with E-state index in [1.807, 2.05) is 12.1 Å². The third-order valence-corrected chi connectivity index (χ3v) is 2.88. The normalized spacial score (nSPS) is 10.5. The highest BCUT2D eigenvalue weighted by atomic mass is 35.5. The lowest BCUT2D eigenvalue weighted by Gasteiger charge is -2.10. The summed E-state index contributed by atoms with van der Waals surface area (Å²) in [6.45, 7) is 6.34. The van der Waals surface area contributed by atoms with Crippen LogP contribution in [0.15, 0.2) is 30.5 Å². The van der Waals surface area contributed by atoms with Crippen LogP contribution in [-0.4, -0.2) is 4.98 Å². The summed E-state index contributed by atoms with van der Waals surface area (Å²) in [6, 6.07) is 8.20. The van der Waals surface area contributed by atoms with Gasteiger partial charge in [-0.25, -0.2) is 0 Å². The Morgan fingerprint density at radius 1 is 1.00 bits per heavy atom. The van der Waals surface area contributed by atoms with E-state index < -0.39 is 0 Å². The van der Waals surface area contributed by atoms with Crippen molar-refractivity contribution < 1.29 is 0 Å². The fourth-order valence-corrected chi connectivity index (χ4v) is 2.22. The Morgan fingerprint density at radius 3 is 2.12 bits per heavy atom. The lowest BCUT2D eigenvalue weighted by Crippen LogP contribution is -1.92. The van der Waals surface area contributed by atoms with Gasteiger partial charge in [0.25, 0.3) is 0 Å². The molecule has 0 saturated carbocycles. The first kappa shape index (κ1) is 11.2. The maximum atomic E-state index is 5.84. The van der Waals surface area contributed by atoms with Gasteiger partial charge in [0, 0.05) is 11.8 Å². The van der Waals surface area contributed by atoms with Gasteiger partial charge in [-0.3, -0.25) is 4.98 Å². The van der Waals surface area contributed by atoms with Crippen molar-refractivity contribution in [3.05, 3.63) is 52.2 Å². The second kappa shape index (κ2) is 4.26. The van der Waals surface area contributed by atoms with Crippen molar-refractivity contribution >= 4 is 11.6 Å². The minimum absolute atomic E-state index is 0.672. The number of aryl methyl sites for hydroxylation is 3. The van der Waals surface area contributed by atoms with Crippen LogP contribution in [0.3, 0.4) is 0 Å². The Kier molecular flexibility index (Phi) is 2.97. The monoisotopic (exact) mass is 231 g/mol. The molecule has 82 valence electrons. The predicted octanol–water partition coefficient (Wildman–Crippen LogP) is 4.33. The minimum atomic E-state index is 0.672. The minimum Gasteiger partial charge on any atom is -0.255 e. The van der Waals surface area contributed by atoms with Gasteiger partial charge in [0.2, 0.25) is 0 Å². The van der Waals surface area contributed by atoms with Crippen molar-refractivity contribution in [3.63, 3.8) is 0 Å². The maximum absolute atomic E-state index is 5.84. The van der Waals surface area contributed by atoms with E-state index in [0.717, 1.165) is 5.69 Å². The van der Waals surface area contributed by atoms with Crippen LogP contribution in [0.2, 0.25) is 5.02 Å². The molecule has 0 saturated heterocycles. The van der Waals surface area contributed by atoms with Gasteiger partial charge in [0.05, 0.1) is 10.7 Å². The number of rotatable bonds is 1. The molecule has 0 spiro atoms. The van der Waals surface area contributed by atoms with Gasteiger partial charge in [0.1, 0.15) is 0 Å². The smallest absolute Gasteiger partial charge is 0.0708 e. The molecule has 2 heteroatoms. The first-order valence-corrected chi connectivity index (χ1v) is 5.65. The molecule has 0 aliphatic carbocycles. The lowest BCUT2D eigenvalue weighted by atomic mass is 9.97. The van der Waals surface area contributed by atoms with E-state index in [9.17, 15) is 0 Å². The Hall–Kier alpha value is -1.34. The molecule has 0 unspecified atom stereocenters. The fourth-order valence-electron chi connectivity index (χ4n) is 2.11. The van der Waals surface area contributed by atoms with Gasteiger partial charge < -0.3 is 0 Å². The van der Waals surface area contributed by atoms with E-state index in [4.69, 9.17) is 11.6 Å². The molecule has 0 aliphatic heterocycles. The Balaban J connectivity index is 2.60. The lowest BCUT2D eigenvalue weighted by molar-refractivity contribution is 1.26. The van der Waals surface area contributed by atoms with E-state index in [1.165, 1.54) is 22.3 Å². The summed E-state index contributed by atoms with van der Waals surface area (Å²) in [5.41, 5.74) is 5.99. The van der Waals surface area contributed by atoms with Gasteiger partial charge in [-0.15, -0.1) is 0 Å². The van der Waals surface area contributed by atoms with E-state index >= 15 is 0 Å². The highest BCUT2D eigenvalue weighted by Gasteiger charge is 2.07. The van der Waals surface area contributed by atoms with Crippen LogP contribution in [0.1, 0.15) is 16.7 Å². The van der Waals surface area contributed by atoms with E-state index in [1.54, 1.807) is 6.20 Å². The van der Waals surface area contributed by atoms with E-state index in [-0.39, 0.29) is 0 Å². The van der Waals surface area contributed by atoms with Crippen molar-refractivity contribution in [1.82, 2.24) is 4.98 Å². The first-order chi connectivity index (χ1) is 7.58. The maximum Gasteiger partial charge on any atom is 0.0708 e. The Labute approximate surface area is 101 Å². The summed E-state index contributed by atoms with van der Waals surface area (Å²) in [7, 11) is 0. The highest BCUT2D eigenvalue weighted by Crippen LogP contribution is 2.27. The molecule has 2 aromatic rings. The second-order valence-corrected chi connectivity index (χ2v) is 4.57. The Morgan fingerprint density at radius 2 is 1.62 bits per heavy atom. The summed E-state index contributed by atoms with van der Waals surface area (Å²) in [5.74, 6) is 0. The molecule has 16 heavy (non-hydrogen) atoms. The highest BCUT2D eigenvalue weighted by molar-refractivity contribution is 6.30. The molecular weight excluding hydrogens is 218 g/mol. The molecule has 0 amide bonds. The van der Waals surface area contributed by atoms with Gasteiger partial charge in [-0.1, -0.05) is 29.3 Å². The molecule has 1 heterocycles. The zero-order valence-corrected chi connectivity index (χ0v) is 10.5. The SMILES string of the molecule is Cc1cc(C)c(-c2ccc(Cl)cn2)c(C)c1. The summed E-state index contributed by atoms with van der Waals surface area (Å²) in [5, 5.41) is 0.672. The zero-order chi connectivity index (χ0) is 11.7. The largest absolute Gasteiger partial charge is 0.255 e. The zero-order valence-electron chi connectivity index (χ0n) is 9.71. The molecule has 0 radical (unpaired) electrons. The average molecular weight is 232 g/mol. The second-order valence-electron chi connectivity index (χ2n) is 4.14. The van der Waals surface area contributed by atoms with Crippen LogP contribution in [0.5, 0.6) is 0 Å².